The first kappa shape index (κ1) is 21.2. The molecule has 8 nitrogen and oxygen atoms in total. The Morgan fingerprint density at radius 1 is 1.13 bits per heavy atom. The van der Waals surface area contributed by atoms with Gasteiger partial charge in [0.05, 0.1) is 32.6 Å². The summed E-state index contributed by atoms with van der Waals surface area (Å²) in [5, 5.41) is 10.3. The molecule has 4 N–H and O–H groups in total. The average molecular weight is 411 g/mol. The number of methoxy groups -OCH3 is 2. The van der Waals surface area contributed by atoms with E-state index < -0.39 is 11.9 Å². The number of ether oxygens (including phenoxy) is 3. The summed E-state index contributed by atoms with van der Waals surface area (Å²) in [7, 11) is 2.87. The van der Waals surface area contributed by atoms with Crippen molar-refractivity contribution in [1.29, 1.82) is 5.41 Å². The van der Waals surface area contributed by atoms with E-state index in [-0.39, 0.29) is 30.8 Å². The number of rotatable bonds is 8. The van der Waals surface area contributed by atoms with Gasteiger partial charge in [0.25, 0.3) is 0 Å². The second-order valence-electron chi connectivity index (χ2n) is 7.09. The van der Waals surface area contributed by atoms with Crippen LogP contribution in [-0.4, -0.2) is 44.6 Å². The lowest BCUT2D eigenvalue weighted by Crippen LogP contribution is -2.31. The first-order valence-corrected chi connectivity index (χ1v) is 9.54. The summed E-state index contributed by atoms with van der Waals surface area (Å²) in [5.74, 6) is 0.200. The molecule has 0 radical (unpaired) electrons. The molecule has 0 unspecified atom stereocenters. The molecule has 1 amide bonds. The maximum Gasteiger partial charge on any atom is 0.306 e. The van der Waals surface area contributed by atoms with Crippen molar-refractivity contribution in [2.75, 3.05) is 20.8 Å². The van der Waals surface area contributed by atoms with Crippen LogP contribution in [0.4, 0.5) is 0 Å². The van der Waals surface area contributed by atoms with Crippen LogP contribution in [0.2, 0.25) is 0 Å². The fourth-order valence-corrected chi connectivity index (χ4v) is 3.40. The van der Waals surface area contributed by atoms with E-state index in [0.717, 1.165) is 11.1 Å². The van der Waals surface area contributed by atoms with Gasteiger partial charge >= 0.3 is 5.97 Å². The van der Waals surface area contributed by atoms with E-state index in [2.05, 4.69) is 10.1 Å². The molecule has 3 rings (SSSR count). The van der Waals surface area contributed by atoms with Crippen molar-refractivity contribution in [2.24, 2.45) is 11.7 Å². The van der Waals surface area contributed by atoms with E-state index in [4.69, 9.17) is 20.6 Å². The number of amides is 1. The molecule has 158 valence electrons. The molecule has 0 saturated carbocycles. The van der Waals surface area contributed by atoms with Gasteiger partial charge in [0.1, 0.15) is 12.4 Å². The predicted octanol–water partition coefficient (Wildman–Crippen LogP) is 2.09. The van der Waals surface area contributed by atoms with Gasteiger partial charge in [0.2, 0.25) is 5.91 Å². The Morgan fingerprint density at radius 2 is 1.83 bits per heavy atom. The molecule has 0 aliphatic carbocycles. The van der Waals surface area contributed by atoms with E-state index in [1.54, 1.807) is 19.2 Å². The Hall–Kier alpha value is -3.55. The van der Waals surface area contributed by atoms with Gasteiger partial charge < -0.3 is 25.3 Å². The number of carbonyl (C=O) groups is 2. The fraction of sp³-hybridized carbons (Fsp3) is 0.318. The molecule has 2 aromatic carbocycles. The molecule has 0 bridgehead atoms. The number of nitrogen functional groups attached to an aromatic ring is 1. The SMILES string of the molecule is COC(=O)C[C@@H]1C[C@@H](COc2ccc(-c3ccc(C(=N)N)cc3)cc2OC)NC1=O. The van der Waals surface area contributed by atoms with Crippen LogP contribution in [0.15, 0.2) is 42.5 Å². The number of benzene rings is 2. The molecular weight excluding hydrogens is 386 g/mol. The van der Waals surface area contributed by atoms with Crippen LogP contribution in [0, 0.1) is 11.3 Å². The average Bonchev–Trinajstić information content (AvgIpc) is 3.11. The largest absolute Gasteiger partial charge is 0.493 e. The van der Waals surface area contributed by atoms with Crippen molar-refractivity contribution in [3.8, 4) is 22.6 Å². The molecule has 30 heavy (non-hydrogen) atoms. The Balaban J connectivity index is 1.65. The van der Waals surface area contributed by atoms with Crippen molar-refractivity contribution in [3.63, 3.8) is 0 Å². The topological polar surface area (TPSA) is 124 Å². The highest BCUT2D eigenvalue weighted by Gasteiger charge is 2.34. The predicted molar refractivity (Wildman–Crippen MR) is 112 cm³/mol. The van der Waals surface area contributed by atoms with E-state index >= 15 is 0 Å². The Morgan fingerprint density at radius 3 is 2.47 bits per heavy atom. The van der Waals surface area contributed by atoms with Gasteiger partial charge in [0, 0.05) is 5.56 Å². The third-order valence-corrected chi connectivity index (χ3v) is 5.06. The number of carbonyl (C=O) groups excluding carboxylic acids is 2. The Labute approximate surface area is 174 Å². The lowest BCUT2D eigenvalue weighted by atomic mass is 10.0. The molecule has 1 aliphatic rings. The first-order chi connectivity index (χ1) is 14.4. The van der Waals surface area contributed by atoms with E-state index in [1.165, 1.54) is 7.11 Å². The molecule has 1 aliphatic heterocycles. The summed E-state index contributed by atoms with van der Waals surface area (Å²) < 4.78 is 16.0. The molecular formula is C22H25N3O5. The van der Waals surface area contributed by atoms with Gasteiger partial charge in [-0.15, -0.1) is 0 Å². The second-order valence-corrected chi connectivity index (χ2v) is 7.09. The highest BCUT2D eigenvalue weighted by atomic mass is 16.5. The highest BCUT2D eigenvalue weighted by molar-refractivity contribution is 5.95. The van der Waals surface area contributed by atoms with Gasteiger partial charge in [-0.05, 0) is 29.7 Å². The normalized spacial score (nSPS) is 17.9. The van der Waals surface area contributed by atoms with Crippen molar-refractivity contribution in [3.05, 3.63) is 48.0 Å². The second kappa shape index (κ2) is 9.30. The summed E-state index contributed by atoms with van der Waals surface area (Å²) >= 11 is 0. The van der Waals surface area contributed by atoms with Crippen LogP contribution in [0.25, 0.3) is 11.1 Å². The van der Waals surface area contributed by atoms with Gasteiger partial charge in [0.15, 0.2) is 11.5 Å². The molecule has 2 atom stereocenters. The standard InChI is InChI=1S/C22H25N3O5/c1-28-19-10-15(13-3-5-14(6-4-13)21(23)24)7-8-18(19)30-12-17-9-16(22(27)25-17)11-20(26)29-2/h3-8,10,16-17H,9,11-12H2,1-2H3,(H3,23,24)(H,25,27)/t16-,17-/m0/s1. The van der Waals surface area contributed by atoms with Crippen molar-refractivity contribution in [1.82, 2.24) is 5.32 Å². The molecule has 2 aromatic rings. The third kappa shape index (κ3) is 4.89. The van der Waals surface area contributed by atoms with Gasteiger partial charge in [-0.1, -0.05) is 30.3 Å². The molecule has 1 fully saturated rings. The third-order valence-electron chi connectivity index (χ3n) is 5.06. The lowest BCUT2D eigenvalue weighted by Gasteiger charge is -2.15. The highest BCUT2D eigenvalue weighted by Crippen LogP contribution is 2.33. The molecule has 1 saturated heterocycles. The van der Waals surface area contributed by atoms with Crippen LogP contribution < -0.4 is 20.5 Å². The van der Waals surface area contributed by atoms with Crippen LogP contribution in [-0.2, 0) is 14.3 Å². The zero-order valence-electron chi connectivity index (χ0n) is 16.9. The number of nitrogens with two attached hydrogens (primary N) is 1. The summed E-state index contributed by atoms with van der Waals surface area (Å²) in [4.78, 5) is 23.4. The summed E-state index contributed by atoms with van der Waals surface area (Å²) in [6.07, 6.45) is 0.579. The smallest absolute Gasteiger partial charge is 0.306 e. The van der Waals surface area contributed by atoms with Crippen LogP contribution in [0.5, 0.6) is 11.5 Å². The number of nitrogens with one attached hydrogen (secondary N) is 2. The summed E-state index contributed by atoms with van der Waals surface area (Å²) in [5.41, 5.74) is 8.05. The maximum atomic E-state index is 12.0. The summed E-state index contributed by atoms with van der Waals surface area (Å²) in [6, 6.07) is 12.8. The van der Waals surface area contributed by atoms with Crippen molar-refractivity contribution in [2.45, 2.75) is 18.9 Å². The first-order valence-electron chi connectivity index (χ1n) is 9.54. The number of hydrogen-bond donors (Lipinski definition) is 3. The minimum Gasteiger partial charge on any atom is -0.493 e. The van der Waals surface area contributed by atoms with Crippen molar-refractivity contribution >= 4 is 17.7 Å². The zero-order valence-corrected chi connectivity index (χ0v) is 16.9. The quantitative estimate of drug-likeness (QED) is 0.347. The maximum absolute atomic E-state index is 12.0. The van der Waals surface area contributed by atoms with Crippen LogP contribution in [0.3, 0.4) is 0 Å². The molecule has 0 aromatic heterocycles. The van der Waals surface area contributed by atoms with Gasteiger partial charge in [-0.2, -0.15) is 0 Å². The molecule has 8 heteroatoms. The Bertz CT molecular complexity index is 942. The summed E-state index contributed by atoms with van der Waals surface area (Å²) in [6.45, 7) is 0.270. The van der Waals surface area contributed by atoms with Crippen LogP contribution >= 0.6 is 0 Å². The minimum absolute atomic E-state index is 0.0238. The Kier molecular flexibility index (Phi) is 6.56. The molecule has 0 spiro atoms. The van der Waals surface area contributed by atoms with Crippen LogP contribution in [0.1, 0.15) is 18.4 Å². The number of hydrogen-bond acceptors (Lipinski definition) is 6. The van der Waals surface area contributed by atoms with E-state index in [0.29, 0.717) is 23.5 Å². The van der Waals surface area contributed by atoms with E-state index in [9.17, 15) is 9.59 Å². The monoisotopic (exact) mass is 411 g/mol. The van der Waals surface area contributed by atoms with Gasteiger partial charge in [-0.3, -0.25) is 15.0 Å². The number of esters is 1. The van der Waals surface area contributed by atoms with Crippen molar-refractivity contribution < 1.29 is 23.8 Å². The van der Waals surface area contributed by atoms with E-state index in [1.807, 2.05) is 30.3 Å². The molecule has 1 heterocycles. The number of amidine groups is 1. The minimum atomic E-state index is -0.398. The fourth-order valence-electron chi connectivity index (χ4n) is 3.40. The van der Waals surface area contributed by atoms with Gasteiger partial charge in [-0.25, -0.2) is 0 Å². The lowest BCUT2D eigenvalue weighted by molar-refractivity contribution is -0.143. The zero-order chi connectivity index (χ0) is 21.7.